The molecule has 2 aromatic heterocycles. The minimum absolute atomic E-state index is 0.385. The Bertz CT molecular complexity index is 1270. The predicted octanol–water partition coefficient (Wildman–Crippen LogP) is 6.72. The number of hydrogen-bond acceptors (Lipinski definition) is 4. The zero-order valence-electron chi connectivity index (χ0n) is 20.2. The summed E-state index contributed by atoms with van der Waals surface area (Å²) in [5, 5.41) is 5.24. The smallest absolute Gasteiger partial charge is 0.252 e. The Hall–Kier alpha value is -2.76. The van der Waals surface area contributed by atoms with E-state index in [-0.39, 0.29) is 0 Å². The molecule has 5 nitrogen and oxygen atoms in total. The van der Waals surface area contributed by atoms with E-state index < -0.39 is 0 Å². The van der Waals surface area contributed by atoms with E-state index in [2.05, 4.69) is 70.2 Å². The number of aromatic nitrogens is 4. The third-order valence-electron chi connectivity index (χ3n) is 7.27. The first-order chi connectivity index (χ1) is 16.5. The van der Waals surface area contributed by atoms with Crippen molar-refractivity contribution in [1.82, 2.24) is 24.5 Å². The first-order valence-electron chi connectivity index (χ1n) is 12.3. The van der Waals surface area contributed by atoms with Gasteiger partial charge in [-0.1, -0.05) is 68.3 Å². The number of likely N-dealkylation sites (tertiary alicyclic amines) is 1. The highest BCUT2D eigenvalue weighted by Crippen LogP contribution is 2.37. The highest BCUT2D eigenvalue weighted by atomic mass is 35.5. The Kier molecular flexibility index (Phi) is 6.66. The summed E-state index contributed by atoms with van der Waals surface area (Å²) in [5.74, 6) is 1.67. The van der Waals surface area contributed by atoms with E-state index in [1.54, 1.807) is 6.33 Å². The summed E-state index contributed by atoms with van der Waals surface area (Å²) in [6.45, 7) is 8.85. The van der Waals surface area contributed by atoms with Gasteiger partial charge in [0, 0.05) is 29.2 Å². The average Bonchev–Trinajstić information content (AvgIpc) is 3.32. The highest BCUT2D eigenvalue weighted by molar-refractivity contribution is 6.30. The van der Waals surface area contributed by atoms with Gasteiger partial charge in [-0.3, -0.25) is 4.90 Å². The van der Waals surface area contributed by atoms with Crippen LogP contribution in [0.25, 0.3) is 16.9 Å². The molecule has 1 fully saturated rings. The Labute approximate surface area is 206 Å². The molecule has 3 heterocycles. The van der Waals surface area contributed by atoms with Gasteiger partial charge in [-0.15, -0.1) is 0 Å². The summed E-state index contributed by atoms with van der Waals surface area (Å²) in [5.41, 5.74) is 5.97. The Morgan fingerprint density at radius 2 is 1.91 bits per heavy atom. The van der Waals surface area contributed by atoms with Gasteiger partial charge >= 0.3 is 0 Å². The summed E-state index contributed by atoms with van der Waals surface area (Å²) in [4.78, 5) is 11.6. The average molecular weight is 474 g/mol. The van der Waals surface area contributed by atoms with Crippen LogP contribution >= 0.6 is 11.6 Å². The SMILES string of the molecule is CCC(C)C(c1ccc(-c2cccc(Cl)c2)cc1)N1CCCC(c2cc(C)nc3ncnn23)C1. The molecule has 1 aliphatic rings. The zero-order chi connectivity index (χ0) is 23.7. The van der Waals surface area contributed by atoms with Crippen LogP contribution in [-0.2, 0) is 0 Å². The number of hydrogen-bond donors (Lipinski definition) is 0. The molecule has 34 heavy (non-hydrogen) atoms. The molecule has 5 rings (SSSR count). The minimum atomic E-state index is 0.385. The molecule has 6 heteroatoms. The van der Waals surface area contributed by atoms with Gasteiger partial charge in [0.1, 0.15) is 6.33 Å². The first-order valence-corrected chi connectivity index (χ1v) is 12.7. The van der Waals surface area contributed by atoms with Crippen molar-refractivity contribution in [3.05, 3.63) is 82.9 Å². The maximum absolute atomic E-state index is 6.22. The molecule has 0 spiro atoms. The molecule has 0 saturated carbocycles. The van der Waals surface area contributed by atoms with E-state index in [9.17, 15) is 0 Å². The minimum Gasteiger partial charge on any atom is -0.295 e. The molecule has 0 N–H and O–H groups in total. The van der Waals surface area contributed by atoms with Gasteiger partial charge in [-0.25, -0.2) is 9.50 Å². The fraction of sp³-hybridized carbons (Fsp3) is 0.393. The van der Waals surface area contributed by atoms with Gasteiger partial charge in [0.25, 0.3) is 5.78 Å². The molecule has 0 aliphatic carbocycles. The fourth-order valence-corrected chi connectivity index (χ4v) is 5.60. The van der Waals surface area contributed by atoms with Gasteiger partial charge in [-0.05, 0) is 67.1 Å². The van der Waals surface area contributed by atoms with Gasteiger partial charge in [0.15, 0.2) is 0 Å². The second-order valence-corrected chi connectivity index (χ2v) is 10.0. The van der Waals surface area contributed by atoms with Crippen molar-refractivity contribution in [2.75, 3.05) is 13.1 Å². The van der Waals surface area contributed by atoms with Crippen molar-refractivity contribution in [3.63, 3.8) is 0 Å². The van der Waals surface area contributed by atoms with Crippen molar-refractivity contribution in [3.8, 4) is 11.1 Å². The van der Waals surface area contributed by atoms with Gasteiger partial charge in [0.2, 0.25) is 0 Å². The summed E-state index contributed by atoms with van der Waals surface area (Å²) in [6, 6.07) is 19.7. The van der Waals surface area contributed by atoms with Crippen molar-refractivity contribution in [1.29, 1.82) is 0 Å². The largest absolute Gasteiger partial charge is 0.295 e. The standard InChI is InChI=1S/C28H32ClN5/c1-4-19(2)27(22-12-10-21(11-13-22)23-7-5-9-25(29)16-23)33-14-6-8-24(17-33)26-15-20(3)32-28-30-18-31-34(26)28/h5,7,9-13,15-16,18-19,24,27H,4,6,8,14,17H2,1-3H3. The molecule has 3 unspecified atom stereocenters. The van der Waals surface area contributed by atoms with Crippen molar-refractivity contribution >= 4 is 17.4 Å². The van der Waals surface area contributed by atoms with Crippen LogP contribution in [0.4, 0.5) is 0 Å². The molecule has 2 aromatic carbocycles. The lowest BCUT2D eigenvalue weighted by Crippen LogP contribution is -2.40. The maximum atomic E-state index is 6.22. The van der Waals surface area contributed by atoms with E-state index in [1.165, 1.54) is 23.2 Å². The fourth-order valence-electron chi connectivity index (χ4n) is 5.41. The quantitative estimate of drug-likeness (QED) is 0.312. The van der Waals surface area contributed by atoms with Gasteiger partial charge < -0.3 is 0 Å². The van der Waals surface area contributed by atoms with Crippen LogP contribution in [0.2, 0.25) is 5.02 Å². The van der Waals surface area contributed by atoms with E-state index >= 15 is 0 Å². The van der Waals surface area contributed by atoms with Gasteiger partial charge in [-0.2, -0.15) is 10.1 Å². The molecule has 0 amide bonds. The van der Waals surface area contributed by atoms with Gasteiger partial charge in [0.05, 0.1) is 5.69 Å². The molecule has 0 radical (unpaired) electrons. The second-order valence-electron chi connectivity index (χ2n) is 9.59. The van der Waals surface area contributed by atoms with Crippen molar-refractivity contribution < 1.29 is 0 Å². The lowest BCUT2D eigenvalue weighted by atomic mass is 9.86. The number of benzene rings is 2. The molecule has 4 aromatic rings. The normalized spacial score (nSPS) is 18.8. The van der Waals surface area contributed by atoms with E-state index in [1.807, 2.05) is 29.6 Å². The number of piperidine rings is 1. The third kappa shape index (κ3) is 4.59. The molecule has 3 atom stereocenters. The van der Waals surface area contributed by atoms with E-state index in [4.69, 9.17) is 11.6 Å². The monoisotopic (exact) mass is 473 g/mol. The lowest BCUT2D eigenvalue weighted by Gasteiger charge is -2.41. The second kappa shape index (κ2) is 9.85. The Morgan fingerprint density at radius 1 is 1.09 bits per heavy atom. The molecular weight excluding hydrogens is 442 g/mol. The Morgan fingerprint density at radius 3 is 2.68 bits per heavy atom. The lowest BCUT2D eigenvalue weighted by molar-refractivity contribution is 0.107. The summed E-state index contributed by atoms with van der Waals surface area (Å²) < 4.78 is 1.93. The number of aryl methyl sites for hydroxylation is 1. The van der Waals surface area contributed by atoms with Crippen LogP contribution in [0.1, 0.15) is 62.0 Å². The highest BCUT2D eigenvalue weighted by Gasteiger charge is 2.31. The van der Waals surface area contributed by atoms with Crippen LogP contribution in [-0.4, -0.2) is 37.6 Å². The maximum Gasteiger partial charge on any atom is 0.252 e. The predicted molar refractivity (Wildman–Crippen MR) is 138 cm³/mol. The van der Waals surface area contributed by atoms with E-state index in [0.29, 0.717) is 23.7 Å². The topological polar surface area (TPSA) is 46.3 Å². The van der Waals surface area contributed by atoms with Crippen LogP contribution in [0.15, 0.2) is 60.9 Å². The number of nitrogens with zero attached hydrogens (tertiary/aromatic N) is 5. The number of rotatable bonds is 6. The molecule has 1 saturated heterocycles. The molecule has 0 bridgehead atoms. The Balaban J connectivity index is 1.43. The van der Waals surface area contributed by atoms with E-state index in [0.717, 1.165) is 42.2 Å². The summed E-state index contributed by atoms with van der Waals surface area (Å²) >= 11 is 6.22. The van der Waals surface area contributed by atoms with Crippen LogP contribution < -0.4 is 0 Å². The van der Waals surface area contributed by atoms with Crippen LogP contribution in [0.5, 0.6) is 0 Å². The van der Waals surface area contributed by atoms with Crippen LogP contribution in [0.3, 0.4) is 0 Å². The van der Waals surface area contributed by atoms with Crippen molar-refractivity contribution in [2.45, 2.75) is 52.0 Å². The summed E-state index contributed by atoms with van der Waals surface area (Å²) in [6.07, 6.45) is 5.09. The summed E-state index contributed by atoms with van der Waals surface area (Å²) in [7, 11) is 0. The first kappa shape index (κ1) is 23.0. The third-order valence-corrected chi connectivity index (χ3v) is 7.50. The zero-order valence-corrected chi connectivity index (χ0v) is 20.9. The molecule has 176 valence electrons. The number of halogens is 1. The molecule has 1 aliphatic heterocycles. The molecular formula is C28H32ClN5. The van der Waals surface area contributed by atoms with Crippen LogP contribution in [0, 0.1) is 12.8 Å². The van der Waals surface area contributed by atoms with Crippen molar-refractivity contribution in [2.24, 2.45) is 5.92 Å². The number of fused-ring (bicyclic) bond motifs is 1.